The minimum atomic E-state index is -3.62. The SMILES string of the molecule is CCCC(NS(=O)(=O)c1cc(CN)oc1C)c1cccs1. The zero-order valence-corrected chi connectivity index (χ0v) is 13.8. The Labute approximate surface area is 129 Å². The quantitative estimate of drug-likeness (QED) is 0.818. The van der Waals surface area contributed by atoms with Gasteiger partial charge in [0.25, 0.3) is 0 Å². The van der Waals surface area contributed by atoms with Gasteiger partial charge >= 0.3 is 0 Å². The van der Waals surface area contributed by atoms with Crippen LogP contribution in [0.3, 0.4) is 0 Å². The minimum Gasteiger partial charge on any atom is -0.464 e. The van der Waals surface area contributed by atoms with E-state index in [9.17, 15) is 8.42 Å². The van der Waals surface area contributed by atoms with Crippen LogP contribution in [0.4, 0.5) is 0 Å². The summed E-state index contributed by atoms with van der Waals surface area (Å²) in [5.74, 6) is 0.834. The van der Waals surface area contributed by atoms with E-state index in [1.807, 2.05) is 24.4 Å². The summed E-state index contributed by atoms with van der Waals surface area (Å²) >= 11 is 1.55. The smallest absolute Gasteiger partial charge is 0.244 e. The number of hydrogen-bond acceptors (Lipinski definition) is 5. The van der Waals surface area contributed by atoms with Crippen LogP contribution in [0.15, 0.2) is 32.9 Å². The first kappa shape index (κ1) is 16.2. The third-order valence-electron chi connectivity index (χ3n) is 3.18. The lowest BCUT2D eigenvalue weighted by atomic mass is 10.1. The van der Waals surface area contributed by atoms with Crippen molar-refractivity contribution in [3.05, 3.63) is 40.0 Å². The maximum Gasteiger partial charge on any atom is 0.244 e. The van der Waals surface area contributed by atoms with E-state index in [1.165, 1.54) is 6.07 Å². The zero-order chi connectivity index (χ0) is 15.5. The molecule has 3 N–H and O–H groups in total. The summed E-state index contributed by atoms with van der Waals surface area (Å²) in [7, 11) is -3.62. The first-order valence-electron chi connectivity index (χ1n) is 6.83. The van der Waals surface area contributed by atoms with Crippen LogP contribution < -0.4 is 10.5 Å². The van der Waals surface area contributed by atoms with Gasteiger partial charge in [0.05, 0.1) is 12.6 Å². The van der Waals surface area contributed by atoms with E-state index < -0.39 is 10.0 Å². The molecule has 0 saturated heterocycles. The highest BCUT2D eigenvalue weighted by Gasteiger charge is 2.25. The molecule has 2 heterocycles. The fourth-order valence-corrected chi connectivity index (χ4v) is 4.52. The fraction of sp³-hybridized carbons (Fsp3) is 0.429. The normalized spacial score (nSPS) is 13.5. The predicted molar refractivity (Wildman–Crippen MR) is 83.6 cm³/mol. The molecule has 0 aromatic carbocycles. The number of rotatable bonds is 7. The number of furan rings is 1. The number of thiophene rings is 1. The molecule has 7 heteroatoms. The van der Waals surface area contributed by atoms with E-state index in [-0.39, 0.29) is 17.5 Å². The fourth-order valence-electron chi connectivity index (χ4n) is 2.18. The average Bonchev–Trinajstić information content (AvgIpc) is 3.07. The molecule has 0 saturated carbocycles. The Bertz CT molecular complexity index is 675. The summed E-state index contributed by atoms with van der Waals surface area (Å²) in [5, 5.41) is 1.95. The average molecular weight is 328 g/mol. The summed E-state index contributed by atoms with van der Waals surface area (Å²) < 4.78 is 33.2. The molecule has 1 atom stereocenters. The van der Waals surface area contributed by atoms with Gasteiger partial charge in [-0.15, -0.1) is 11.3 Å². The van der Waals surface area contributed by atoms with Crippen LogP contribution in [0, 0.1) is 6.92 Å². The van der Waals surface area contributed by atoms with E-state index in [0.29, 0.717) is 11.5 Å². The Morgan fingerprint density at radius 2 is 2.24 bits per heavy atom. The zero-order valence-electron chi connectivity index (χ0n) is 12.1. The number of nitrogens with one attached hydrogen (secondary N) is 1. The molecule has 0 bridgehead atoms. The molecule has 1 unspecified atom stereocenters. The first-order valence-corrected chi connectivity index (χ1v) is 9.19. The summed E-state index contributed by atoms with van der Waals surface area (Å²) in [6.07, 6.45) is 1.64. The highest BCUT2D eigenvalue weighted by molar-refractivity contribution is 7.89. The van der Waals surface area contributed by atoms with Crippen molar-refractivity contribution in [2.24, 2.45) is 5.73 Å². The molecule has 0 aliphatic heterocycles. The lowest BCUT2D eigenvalue weighted by molar-refractivity contribution is 0.477. The minimum absolute atomic E-state index is 0.167. The molecule has 0 aliphatic rings. The van der Waals surface area contributed by atoms with Gasteiger partial charge in [0.15, 0.2) is 0 Å². The van der Waals surface area contributed by atoms with Crippen molar-refractivity contribution < 1.29 is 12.8 Å². The number of aryl methyl sites for hydroxylation is 1. The lowest BCUT2D eigenvalue weighted by Crippen LogP contribution is -2.28. The van der Waals surface area contributed by atoms with Crippen molar-refractivity contribution >= 4 is 21.4 Å². The van der Waals surface area contributed by atoms with E-state index >= 15 is 0 Å². The van der Waals surface area contributed by atoms with Gasteiger partial charge in [-0.05, 0) is 24.8 Å². The molecule has 21 heavy (non-hydrogen) atoms. The summed E-state index contributed by atoms with van der Waals surface area (Å²) in [5.41, 5.74) is 5.49. The van der Waals surface area contributed by atoms with Crippen molar-refractivity contribution in [1.82, 2.24) is 4.72 Å². The number of hydrogen-bond donors (Lipinski definition) is 2. The molecular weight excluding hydrogens is 308 g/mol. The first-order chi connectivity index (χ1) is 9.97. The van der Waals surface area contributed by atoms with Crippen molar-refractivity contribution in [3.63, 3.8) is 0 Å². The molecule has 116 valence electrons. The van der Waals surface area contributed by atoms with Crippen molar-refractivity contribution in [2.75, 3.05) is 0 Å². The second-order valence-corrected chi connectivity index (χ2v) is 7.48. The third-order valence-corrected chi connectivity index (χ3v) is 5.74. The van der Waals surface area contributed by atoms with E-state index in [4.69, 9.17) is 10.2 Å². The Balaban J connectivity index is 2.28. The van der Waals surface area contributed by atoms with Crippen LogP contribution in [0.2, 0.25) is 0 Å². The van der Waals surface area contributed by atoms with Crippen molar-refractivity contribution in [2.45, 2.75) is 44.2 Å². The van der Waals surface area contributed by atoms with E-state index in [1.54, 1.807) is 18.3 Å². The second kappa shape index (κ2) is 6.74. The van der Waals surface area contributed by atoms with Gasteiger partial charge in [-0.3, -0.25) is 0 Å². The van der Waals surface area contributed by atoms with Gasteiger partial charge in [-0.25, -0.2) is 13.1 Å². The monoisotopic (exact) mass is 328 g/mol. The molecule has 0 radical (unpaired) electrons. The summed E-state index contributed by atoms with van der Waals surface area (Å²) in [4.78, 5) is 1.18. The van der Waals surface area contributed by atoms with Crippen LogP contribution in [-0.4, -0.2) is 8.42 Å². The van der Waals surface area contributed by atoms with Crippen molar-refractivity contribution in [3.8, 4) is 0 Å². The molecule has 2 aromatic rings. The highest BCUT2D eigenvalue weighted by Crippen LogP contribution is 2.27. The Hall–Kier alpha value is -1.15. The molecular formula is C14H20N2O3S2. The summed E-state index contributed by atoms with van der Waals surface area (Å²) in [6.45, 7) is 3.85. The van der Waals surface area contributed by atoms with Gasteiger partial charge in [0.1, 0.15) is 16.4 Å². The van der Waals surface area contributed by atoms with Crippen LogP contribution in [0.5, 0.6) is 0 Å². The highest BCUT2D eigenvalue weighted by atomic mass is 32.2. The van der Waals surface area contributed by atoms with E-state index in [0.717, 1.165) is 17.7 Å². The van der Waals surface area contributed by atoms with Crippen molar-refractivity contribution in [1.29, 1.82) is 0 Å². The van der Waals surface area contributed by atoms with Gasteiger partial charge in [-0.1, -0.05) is 19.4 Å². The van der Waals surface area contributed by atoms with E-state index in [2.05, 4.69) is 4.72 Å². The van der Waals surface area contributed by atoms with Gasteiger partial charge < -0.3 is 10.2 Å². The maximum absolute atomic E-state index is 12.6. The topological polar surface area (TPSA) is 85.3 Å². The van der Waals surface area contributed by atoms with Gasteiger partial charge in [-0.2, -0.15) is 0 Å². The maximum atomic E-state index is 12.6. The largest absolute Gasteiger partial charge is 0.464 e. The van der Waals surface area contributed by atoms with Crippen LogP contribution in [-0.2, 0) is 16.6 Å². The number of nitrogens with two attached hydrogens (primary N) is 1. The molecule has 0 amide bonds. The molecule has 5 nitrogen and oxygen atoms in total. The number of sulfonamides is 1. The molecule has 0 fully saturated rings. The van der Waals surface area contributed by atoms with Crippen LogP contribution >= 0.6 is 11.3 Å². The Morgan fingerprint density at radius 3 is 2.76 bits per heavy atom. The van der Waals surface area contributed by atoms with Crippen LogP contribution in [0.25, 0.3) is 0 Å². The molecule has 0 aliphatic carbocycles. The Kier molecular flexibility index (Phi) is 5.21. The van der Waals surface area contributed by atoms with Crippen LogP contribution in [0.1, 0.15) is 42.2 Å². The second-order valence-electron chi connectivity index (χ2n) is 4.82. The molecule has 2 aromatic heterocycles. The predicted octanol–water partition coefficient (Wildman–Crippen LogP) is 2.93. The van der Waals surface area contributed by atoms with Gasteiger partial charge in [0, 0.05) is 10.9 Å². The summed E-state index contributed by atoms with van der Waals surface area (Å²) in [6, 6.07) is 5.15. The third kappa shape index (κ3) is 3.74. The molecule has 2 rings (SSSR count). The Morgan fingerprint density at radius 1 is 1.48 bits per heavy atom. The van der Waals surface area contributed by atoms with Gasteiger partial charge in [0.2, 0.25) is 10.0 Å². The lowest BCUT2D eigenvalue weighted by Gasteiger charge is -2.16. The molecule has 0 spiro atoms. The standard InChI is InChI=1S/C14H20N2O3S2/c1-3-5-12(13-6-4-7-20-13)16-21(17,18)14-8-11(9-15)19-10(14)2/h4,6-8,12,16H,3,5,9,15H2,1-2H3.